The number of carbonyl (C=O) groups excluding carboxylic acids is 1. The van der Waals surface area contributed by atoms with E-state index in [0.29, 0.717) is 13.2 Å². The van der Waals surface area contributed by atoms with Crippen molar-refractivity contribution in [3.8, 4) is 0 Å². The lowest BCUT2D eigenvalue weighted by atomic mass is 10.2. The van der Waals surface area contributed by atoms with Crippen LogP contribution in [0.1, 0.15) is 10.4 Å². The van der Waals surface area contributed by atoms with Gasteiger partial charge < -0.3 is 4.65 Å². The Morgan fingerprint density at radius 3 is 2.58 bits per heavy atom. The number of hydrogen-bond donors (Lipinski definition) is 0. The number of benzene rings is 1. The van der Waals surface area contributed by atoms with Crippen LogP contribution in [0.4, 0.5) is 0 Å². The van der Waals surface area contributed by atoms with Gasteiger partial charge in [0.05, 0.1) is 5.56 Å². The van der Waals surface area contributed by atoms with Gasteiger partial charge in [-0.1, -0.05) is 23.3 Å². The maximum atomic E-state index is 11.0. The number of rotatable bonds is 3. The quantitative estimate of drug-likeness (QED) is 0.494. The van der Waals surface area contributed by atoms with Crippen molar-refractivity contribution < 1.29 is 9.45 Å². The Hall–Kier alpha value is -1.65. The highest BCUT2D eigenvalue weighted by molar-refractivity contribution is 6.29. The summed E-state index contributed by atoms with van der Waals surface area (Å²) < 4.78 is 4.33. The highest BCUT2D eigenvalue weighted by Crippen LogP contribution is 1.99. The second-order valence-electron chi connectivity index (χ2n) is 1.98. The van der Waals surface area contributed by atoms with Crippen LogP contribution in [0.2, 0.25) is 0 Å². The molecule has 0 spiro atoms. The van der Waals surface area contributed by atoms with E-state index in [9.17, 15) is 9.70 Å². The lowest BCUT2D eigenvalue weighted by Crippen LogP contribution is -2.06. The van der Waals surface area contributed by atoms with Gasteiger partial charge in [0, 0.05) is 0 Å². The van der Waals surface area contributed by atoms with Crippen molar-refractivity contribution in [2.75, 3.05) is 0 Å². The molecule has 0 heterocycles. The highest BCUT2D eigenvalue weighted by Gasteiger charge is 2.06. The summed E-state index contributed by atoms with van der Waals surface area (Å²) >= 11 is 0. The Kier molecular flexibility index (Phi) is 3.01. The minimum atomic E-state index is -0.588. The van der Waals surface area contributed by atoms with Crippen molar-refractivity contribution in [2.24, 2.45) is 5.09 Å². The van der Waals surface area contributed by atoms with Gasteiger partial charge in [0.15, 0.2) is 0 Å². The van der Waals surface area contributed by atoms with Crippen molar-refractivity contribution in [2.45, 2.75) is 0 Å². The second-order valence-corrected chi connectivity index (χ2v) is 1.98. The van der Waals surface area contributed by atoms with Crippen LogP contribution in [0, 0.1) is 4.91 Å². The molecule has 0 bridgehead atoms. The summed E-state index contributed by atoms with van der Waals surface area (Å²) in [4.78, 5) is 20.5. The Labute approximate surface area is 69.8 Å². The first-order valence-electron chi connectivity index (χ1n) is 3.25. The number of nitrogens with zero attached hydrogens (tertiary/aromatic N) is 1. The lowest BCUT2D eigenvalue weighted by molar-refractivity contribution is 0.0741. The summed E-state index contributed by atoms with van der Waals surface area (Å²) in [5, 5.41) is 2.28. The molecule has 0 aliphatic rings. The number of nitroso groups, excluding NO2 is 1. The average molecular weight is 162 g/mol. The summed E-state index contributed by atoms with van der Waals surface area (Å²) in [6, 6.07) is 8.34. The first-order chi connectivity index (χ1) is 5.84. The van der Waals surface area contributed by atoms with Crippen LogP contribution < -0.4 is 0 Å². The molecule has 5 heteroatoms. The van der Waals surface area contributed by atoms with Crippen LogP contribution in [-0.2, 0) is 4.65 Å². The first-order valence-corrected chi connectivity index (χ1v) is 3.25. The molecule has 0 atom stereocenters. The molecule has 0 N–H and O–H groups in total. The molecule has 0 amide bonds. The van der Waals surface area contributed by atoms with E-state index < -0.39 is 5.97 Å². The molecule has 0 saturated heterocycles. The van der Waals surface area contributed by atoms with E-state index in [0.717, 1.165) is 0 Å². The van der Waals surface area contributed by atoms with Crippen molar-refractivity contribution in [1.82, 2.24) is 0 Å². The summed E-state index contributed by atoms with van der Waals surface area (Å²) in [7, 11) is 0.565. The van der Waals surface area contributed by atoms with Crippen LogP contribution in [-0.4, -0.2) is 13.6 Å². The maximum Gasteiger partial charge on any atom is 0.592 e. The maximum absolute atomic E-state index is 11.0. The zero-order valence-corrected chi connectivity index (χ0v) is 6.14. The van der Waals surface area contributed by atoms with Crippen LogP contribution >= 0.6 is 0 Å². The summed E-state index contributed by atoms with van der Waals surface area (Å²) in [6.45, 7) is 0. The third-order valence-corrected chi connectivity index (χ3v) is 1.21. The fourth-order valence-electron chi connectivity index (χ4n) is 0.712. The zero-order chi connectivity index (χ0) is 8.81. The monoisotopic (exact) mass is 162 g/mol. The zero-order valence-electron chi connectivity index (χ0n) is 6.14. The summed E-state index contributed by atoms with van der Waals surface area (Å²) in [5.41, 5.74) is 0.386. The average Bonchev–Trinajstić information content (AvgIpc) is 2.15. The molecule has 0 aromatic heterocycles. The van der Waals surface area contributed by atoms with E-state index in [-0.39, 0.29) is 0 Å². The Bertz CT molecular complexity index is 275. The first kappa shape index (κ1) is 8.45. The third-order valence-electron chi connectivity index (χ3n) is 1.21. The molecule has 0 aliphatic carbocycles. The van der Waals surface area contributed by atoms with Crippen LogP contribution in [0.25, 0.3) is 0 Å². The second kappa shape index (κ2) is 4.28. The van der Waals surface area contributed by atoms with Gasteiger partial charge in [-0.2, -0.15) is 4.91 Å². The minimum Gasteiger partial charge on any atom is -0.510 e. The molecule has 0 unspecified atom stereocenters. The van der Waals surface area contributed by atoms with Crippen LogP contribution in [0.5, 0.6) is 0 Å². The van der Waals surface area contributed by atoms with Crippen LogP contribution in [0.15, 0.2) is 35.4 Å². The van der Waals surface area contributed by atoms with E-state index in [1.165, 1.54) is 0 Å². The molecular weight excluding hydrogens is 157 g/mol. The predicted octanol–water partition coefficient (Wildman–Crippen LogP) is 1.14. The molecular formula is C7H5BNO3. The van der Waals surface area contributed by atoms with E-state index >= 15 is 0 Å². The van der Waals surface area contributed by atoms with Gasteiger partial charge in [-0.25, -0.2) is 4.79 Å². The van der Waals surface area contributed by atoms with Gasteiger partial charge in [0.25, 0.3) is 0 Å². The molecule has 0 fully saturated rings. The topological polar surface area (TPSA) is 55.7 Å². The van der Waals surface area contributed by atoms with Gasteiger partial charge in [-0.15, -0.1) is 0 Å². The molecule has 4 nitrogen and oxygen atoms in total. The smallest absolute Gasteiger partial charge is 0.510 e. The van der Waals surface area contributed by atoms with Gasteiger partial charge in [0.1, 0.15) is 0 Å². The largest absolute Gasteiger partial charge is 0.592 e. The normalized spacial score (nSPS) is 8.67. The molecule has 0 aliphatic heterocycles. The Morgan fingerprint density at radius 1 is 1.33 bits per heavy atom. The fraction of sp³-hybridized carbons (Fsp3) is 0. The van der Waals surface area contributed by atoms with Gasteiger partial charge in [-0.3, -0.25) is 0 Å². The SMILES string of the molecule is O=N[B]OC(=O)c1ccccc1. The standard InChI is InChI=1S/C7H5BNO3/c10-7(12-8-9-11)6-4-2-1-3-5-6/h1-5H. The summed E-state index contributed by atoms with van der Waals surface area (Å²) in [6.07, 6.45) is 0. The van der Waals surface area contributed by atoms with Gasteiger partial charge >= 0.3 is 13.6 Å². The van der Waals surface area contributed by atoms with Crippen LogP contribution in [0.3, 0.4) is 0 Å². The van der Waals surface area contributed by atoms with Crippen molar-refractivity contribution >= 4 is 13.6 Å². The molecule has 0 saturated carbocycles. The molecule has 1 rings (SSSR count). The molecule has 59 valence electrons. The number of hydrogen-bond acceptors (Lipinski definition) is 4. The molecule has 1 aromatic rings. The molecule has 1 aromatic carbocycles. The van der Waals surface area contributed by atoms with E-state index in [1.807, 2.05) is 0 Å². The summed E-state index contributed by atoms with van der Waals surface area (Å²) in [5.74, 6) is -0.588. The molecule has 1 radical (unpaired) electrons. The lowest BCUT2D eigenvalue weighted by Gasteiger charge is -1.97. The van der Waals surface area contributed by atoms with Crippen molar-refractivity contribution in [1.29, 1.82) is 0 Å². The third kappa shape index (κ3) is 2.19. The fourth-order valence-corrected chi connectivity index (χ4v) is 0.712. The van der Waals surface area contributed by atoms with E-state index in [1.54, 1.807) is 30.3 Å². The van der Waals surface area contributed by atoms with E-state index in [4.69, 9.17) is 0 Å². The van der Waals surface area contributed by atoms with Crippen molar-refractivity contribution in [3.05, 3.63) is 40.8 Å². The van der Waals surface area contributed by atoms with Crippen molar-refractivity contribution in [3.63, 3.8) is 0 Å². The van der Waals surface area contributed by atoms with Gasteiger partial charge in [-0.05, 0) is 12.1 Å². The minimum absolute atomic E-state index is 0.386. The Morgan fingerprint density at radius 2 is 2.00 bits per heavy atom. The predicted molar refractivity (Wildman–Crippen MR) is 43.4 cm³/mol. The molecule has 12 heavy (non-hydrogen) atoms. The van der Waals surface area contributed by atoms with E-state index in [2.05, 4.69) is 9.74 Å². The number of carbonyl (C=O) groups is 1. The Balaban J connectivity index is 2.59. The highest BCUT2D eigenvalue weighted by atomic mass is 16.5. The van der Waals surface area contributed by atoms with Gasteiger partial charge in [0.2, 0.25) is 0 Å².